The molecule has 0 aromatic carbocycles. The third-order valence-corrected chi connectivity index (χ3v) is 5.35. The van der Waals surface area contributed by atoms with E-state index in [1.165, 1.54) is 6.26 Å². The molecule has 1 aliphatic rings. The minimum Gasteiger partial charge on any atom is -0.341 e. The van der Waals surface area contributed by atoms with E-state index < -0.39 is 10.0 Å². The highest BCUT2D eigenvalue weighted by molar-refractivity contribution is 7.88. The van der Waals surface area contributed by atoms with E-state index in [9.17, 15) is 8.42 Å². The van der Waals surface area contributed by atoms with Crippen LogP contribution in [-0.4, -0.2) is 52.0 Å². The molecule has 0 amide bonds. The van der Waals surface area contributed by atoms with Gasteiger partial charge >= 0.3 is 0 Å². The molecule has 0 saturated carbocycles. The predicted octanol–water partition coefficient (Wildman–Crippen LogP) is 1.39. The molecule has 23 heavy (non-hydrogen) atoms. The molecule has 124 valence electrons. The molecule has 0 aliphatic carbocycles. The van der Waals surface area contributed by atoms with Gasteiger partial charge in [0.15, 0.2) is 5.82 Å². The summed E-state index contributed by atoms with van der Waals surface area (Å²) in [4.78, 5) is 16.3. The maximum absolute atomic E-state index is 11.7. The van der Waals surface area contributed by atoms with Gasteiger partial charge in [-0.05, 0) is 32.1 Å². The van der Waals surface area contributed by atoms with E-state index in [4.69, 9.17) is 0 Å². The molecule has 2 aromatic rings. The fraction of sp³-hybridized carbons (Fsp3) is 0.533. The third-order valence-electron chi connectivity index (χ3n) is 4.08. The molecule has 1 aliphatic heterocycles. The second kappa shape index (κ2) is 6.37. The quantitative estimate of drug-likeness (QED) is 0.911. The summed E-state index contributed by atoms with van der Waals surface area (Å²) < 4.78 is 25.0. The molecule has 1 N–H and O–H groups in total. The Morgan fingerprint density at radius 2 is 2.17 bits per heavy atom. The number of aromatic nitrogens is 4. The van der Waals surface area contributed by atoms with Crippen LogP contribution in [0.4, 0.5) is 0 Å². The van der Waals surface area contributed by atoms with Crippen LogP contribution in [0.2, 0.25) is 0 Å². The lowest BCUT2D eigenvalue weighted by Gasteiger charge is -2.30. The number of nitrogens with one attached hydrogen (secondary N) is 1. The zero-order valence-corrected chi connectivity index (χ0v) is 14.2. The van der Waals surface area contributed by atoms with E-state index in [1.807, 2.05) is 6.92 Å². The molecule has 8 heteroatoms. The Morgan fingerprint density at radius 3 is 2.87 bits per heavy atom. The van der Waals surface area contributed by atoms with Gasteiger partial charge in [0.25, 0.3) is 0 Å². The Labute approximate surface area is 136 Å². The zero-order chi connectivity index (χ0) is 16.4. The lowest BCUT2D eigenvalue weighted by Crippen LogP contribution is -2.39. The standard InChI is InChI=1S/C15H21N5O2S/c1-11-7-17-15(18-11)14-9-16-8-13(19-14)6-12-4-3-5-20(10-12)23(2,21)22/h7-9,12H,3-6,10H2,1-2H3,(H,17,18)/t12-/m0/s1. The molecule has 0 bridgehead atoms. The summed E-state index contributed by atoms with van der Waals surface area (Å²) in [5, 5.41) is 0. The van der Waals surface area contributed by atoms with E-state index in [-0.39, 0.29) is 5.92 Å². The molecule has 1 atom stereocenters. The van der Waals surface area contributed by atoms with Crippen molar-refractivity contribution < 1.29 is 8.42 Å². The van der Waals surface area contributed by atoms with Crippen LogP contribution in [-0.2, 0) is 16.4 Å². The first kappa shape index (κ1) is 16.1. The molecular formula is C15H21N5O2S. The average Bonchev–Trinajstić information content (AvgIpc) is 2.94. The number of aromatic amines is 1. The molecule has 1 saturated heterocycles. The van der Waals surface area contributed by atoms with Crippen molar-refractivity contribution >= 4 is 10.0 Å². The molecular weight excluding hydrogens is 314 g/mol. The molecule has 2 aromatic heterocycles. The smallest absolute Gasteiger partial charge is 0.211 e. The van der Waals surface area contributed by atoms with Crippen molar-refractivity contribution in [3.63, 3.8) is 0 Å². The number of hydrogen-bond donors (Lipinski definition) is 1. The highest BCUT2D eigenvalue weighted by Gasteiger charge is 2.26. The van der Waals surface area contributed by atoms with Gasteiger partial charge < -0.3 is 4.98 Å². The summed E-state index contributed by atoms with van der Waals surface area (Å²) in [6.07, 6.45) is 9.10. The number of nitrogens with zero attached hydrogens (tertiary/aromatic N) is 4. The van der Waals surface area contributed by atoms with Crippen molar-refractivity contribution in [2.24, 2.45) is 5.92 Å². The first-order valence-electron chi connectivity index (χ1n) is 7.70. The fourth-order valence-electron chi connectivity index (χ4n) is 2.95. The number of rotatable bonds is 4. The summed E-state index contributed by atoms with van der Waals surface area (Å²) in [6.45, 7) is 3.12. The highest BCUT2D eigenvalue weighted by atomic mass is 32.2. The Balaban J connectivity index is 1.73. The van der Waals surface area contributed by atoms with Crippen LogP contribution in [0.1, 0.15) is 24.2 Å². The normalized spacial score (nSPS) is 19.8. The minimum absolute atomic E-state index is 0.279. The number of piperidine rings is 1. The van der Waals surface area contributed by atoms with Crippen molar-refractivity contribution in [3.8, 4) is 11.5 Å². The van der Waals surface area contributed by atoms with Crippen LogP contribution in [0.25, 0.3) is 11.5 Å². The first-order chi connectivity index (χ1) is 10.9. The van der Waals surface area contributed by atoms with Crippen LogP contribution in [0.3, 0.4) is 0 Å². The summed E-state index contributed by atoms with van der Waals surface area (Å²) in [7, 11) is -3.12. The van der Waals surface area contributed by atoms with Gasteiger partial charge in [-0.1, -0.05) is 0 Å². The number of hydrogen-bond acceptors (Lipinski definition) is 5. The largest absolute Gasteiger partial charge is 0.341 e. The van der Waals surface area contributed by atoms with E-state index in [1.54, 1.807) is 22.9 Å². The maximum Gasteiger partial charge on any atom is 0.211 e. The monoisotopic (exact) mass is 335 g/mol. The van der Waals surface area contributed by atoms with Gasteiger partial charge in [-0.15, -0.1) is 0 Å². The summed E-state index contributed by atoms with van der Waals surface area (Å²) in [6, 6.07) is 0. The molecule has 0 radical (unpaired) electrons. The van der Waals surface area contributed by atoms with E-state index >= 15 is 0 Å². The van der Waals surface area contributed by atoms with Gasteiger partial charge in [-0.3, -0.25) is 4.98 Å². The molecule has 1 fully saturated rings. The average molecular weight is 335 g/mol. The molecule has 0 unspecified atom stereocenters. The van der Waals surface area contributed by atoms with Gasteiger partial charge in [-0.25, -0.2) is 22.7 Å². The van der Waals surface area contributed by atoms with Crippen molar-refractivity contribution in [2.45, 2.75) is 26.2 Å². The van der Waals surface area contributed by atoms with Crippen molar-refractivity contribution in [1.82, 2.24) is 24.2 Å². The number of imidazole rings is 1. The second-order valence-electron chi connectivity index (χ2n) is 6.14. The van der Waals surface area contributed by atoms with E-state index in [0.29, 0.717) is 24.6 Å². The van der Waals surface area contributed by atoms with Crippen molar-refractivity contribution in [3.05, 3.63) is 30.0 Å². The lowest BCUT2D eigenvalue weighted by atomic mass is 9.95. The summed E-state index contributed by atoms with van der Waals surface area (Å²) in [5.41, 5.74) is 2.56. The van der Waals surface area contributed by atoms with Crippen LogP contribution in [0.15, 0.2) is 18.6 Å². The zero-order valence-electron chi connectivity index (χ0n) is 13.4. The van der Waals surface area contributed by atoms with E-state index in [2.05, 4.69) is 19.9 Å². The first-order valence-corrected chi connectivity index (χ1v) is 9.54. The Hall–Kier alpha value is -1.80. The van der Waals surface area contributed by atoms with Crippen molar-refractivity contribution in [1.29, 1.82) is 0 Å². The third kappa shape index (κ3) is 3.94. The summed E-state index contributed by atoms with van der Waals surface area (Å²) >= 11 is 0. The van der Waals surface area contributed by atoms with Crippen LogP contribution in [0, 0.1) is 12.8 Å². The fourth-order valence-corrected chi connectivity index (χ4v) is 3.89. The van der Waals surface area contributed by atoms with Crippen LogP contribution < -0.4 is 0 Å². The highest BCUT2D eigenvalue weighted by Crippen LogP contribution is 2.22. The second-order valence-corrected chi connectivity index (χ2v) is 8.13. The van der Waals surface area contributed by atoms with Crippen LogP contribution >= 0.6 is 0 Å². The van der Waals surface area contributed by atoms with E-state index in [0.717, 1.165) is 30.7 Å². The number of H-pyrrole nitrogens is 1. The van der Waals surface area contributed by atoms with Gasteiger partial charge in [0, 0.05) is 31.2 Å². The van der Waals surface area contributed by atoms with Gasteiger partial charge in [-0.2, -0.15) is 0 Å². The minimum atomic E-state index is -3.12. The SMILES string of the molecule is Cc1cnc(-c2cncc(C[C@@H]3CCCN(S(C)(=O)=O)C3)n2)[nH]1. The van der Waals surface area contributed by atoms with Gasteiger partial charge in [0.05, 0.1) is 18.1 Å². The lowest BCUT2D eigenvalue weighted by molar-refractivity contribution is 0.265. The number of sulfonamides is 1. The maximum atomic E-state index is 11.7. The van der Waals surface area contributed by atoms with Crippen molar-refractivity contribution in [2.75, 3.05) is 19.3 Å². The predicted molar refractivity (Wildman–Crippen MR) is 87.2 cm³/mol. The number of aryl methyl sites for hydroxylation is 1. The van der Waals surface area contributed by atoms with Crippen LogP contribution in [0.5, 0.6) is 0 Å². The Bertz CT molecular complexity index is 787. The summed E-state index contributed by atoms with van der Waals surface area (Å²) in [5.74, 6) is 0.986. The molecule has 7 nitrogen and oxygen atoms in total. The molecule has 0 spiro atoms. The van der Waals surface area contributed by atoms with Gasteiger partial charge in [0.2, 0.25) is 10.0 Å². The Morgan fingerprint density at radius 1 is 1.35 bits per heavy atom. The molecule has 3 heterocycles. The topological polar surface area (TPSA) is 91.8 Å². The Kier molecular flexibility index (Phi) is 4.45. The molecule has 3 rings (SSSR count). The van der Waals surface area contributed by atoms with Gasteiger partial charge in [0.1, 0.15) is 5.69 Å².